The highest BCUT2D eigenvalue weighted by Gasteiger charge is 2.12. The first-order chi connectivity index (χ1) is 11.6. The molecule has 2 aromatic heterocycles. The quantitative estimate of drug-likeness (QED) is 0.615. The van der Waals surface area contributed by atoms with E-state index >= 15 is 0 Å². The first kappa shape index (κ1) is 16.6. The van der Waals surface area contributed by atoms with Gasteiger partial charge >= 0.3 is 0 Å². The van der Waals surface area contributed by atoms with E-state index in [1.54, 1.807) is 22.9 Å². The zero-order valence-electron chi connectivity index (χ0n) is 13.1. The number of fused-ring (bicyclic) bond motifs is 1. The molecule has 0 aliphatic heterocycles. The summed E-state index contributed by atoms with van der Waals surface area (Å²) >= 11 is -2.40. The van der Waals surface area contributed by atoms with Gasteiger partial charge in [-0.2, -0.15) is 0 Å². The predicted molar refractivity (Wildman–Crippen MR) is 88.6 cm³/mol. The number of pyridine rings is 1. The van der Waals surface area contributed by atoms with Crippen molar-refractivity contribution in [2.24, 2.45) is 0 Å². The number of imidazole rings is 1. The Hall–Kier alpha value is -2.22. The Morgan fingerprint density at radius 2 is 2.12 bits per heavy atom. The standard InChI is InChI=1S/C17H18N2O4S/c1-13(11-22-12-14-5-3-2-4-6-14)23-15-9-17-18-7-8-19(17)10-16(15)24(20)21/h2-10,13H,11-12H2,1H3,(H,20,21)/p-1/t13-/m0/s1. The Morgan fingerprint density at radius 3 is 2.88 bits per heavy atom. The number of rotatable bonds is 7. The van der Waals surface area contributed by atoms with E-state index in [1.165, 1.54) is 6.20 Å². The van der Waals surface area contributed by atoms with Crippen LogP contribution in [0.4, 0.5) is 0 Å². The molecule has 1 aromatic carbocycles. The van der Waals surface area contributed by atoms with Crippen LogP contribution in [0.15, 0.2) is 59.9 Å². The summed E-state index contributed by atoms with van der Waals surface area (Å²) < 4.78 is 35.9. The van der Waals surface area contributed by atoms with Crippen molar-refractivity contribution in [3.05, 3.63) is 60.6 Å². The lowest BCUT2D eigenvalue weighted by Gasteiger charge is -2.19. The largest absolute Gasteiger partial charge is 0.768 e. The summed E-state index contributed by atoms with van der Waals surface area (Å²) in [5.41, 5.74) is 1.70. The van der Waals surface area contributed by atoms with Gasteiger partial charge in [-0.1, -0.05) is 30.3 Å². The van der Waals surface area contributed by atoms with Crippen molar-refractivity contribution >= 4 is 16.7 Å². The Balaban J connectivity index is 1.65. The fraction of sp³-hybridized carbons (Fsp3) is 0.235. The van der Waals surface area contributed by atoms with Gasteiger partial charge in [0.15, 0.2) is 0 Å². The van der Waals surface area contributed by atoms with Gasteiger partial charge in [0.2, 0.25) is 0 Å². The molecule has 1 unspecified atom stereocenters. The lowest BCUT2D eigenvalue weighted by molar-refractivity contribution is 0.0480. The third-order valence-electron chi connectivity index (χ3n) is 3.43. The lowest BCUT2D eigenvalue weighted by Crippen LogP contribution is -2.20. The van der Waals surface area contributed by atoms with Crippen LogP contribution in [-0.4, -0.2) is 30.9 Å². The van der Waals surface area contributed by atoms with E-state index in [4.69, 9.17) is 9.47 Å². The smallest absolute Gasteiger partial charge is 0.140 e. The zero-order chi connectivity index (χ0) is 16.9. The minimum Gasteiger partial charge on any atom is -0.768 e. The molecule has 2 atom stereocenters. The second kappa shape index (κ2) is 7.57. The highest BCUT2D eigenvalue weighted by atomic mass is 32.2. The number of benzene rings is 1. The molecule has 0 N–H and O–H groups in total. The zero-order valence-corrected chi connectivity index (χ0v) is 13.9. The van der Waals surface area contributed by atoms with E-state index in [9.17, 15) is 8.76 Å². The molecule has 0 amide bonds. The molecular weight excluding hydrogens is 328 g/mol. The van der Waals surface area contributed by atoms with Crippen molar-refractivity contribution < 1.29 is 18.2 Å². The molecule has 126 valence electrons. The minimum absolute atomic E-state index is 0.0930. The molecule has 0 spiro atoms. The SMILES string of the molecule is C[C@@H](COCc1ccccc1)Oc1cc2nccn2cc1S(=O)[O-]. The number of hydrogen-bond acceptors (Lipinski definition) is 5. The molecular formula is C17H17N2O4S-. The molecule has 0 aliphatic carbocycles. The average Bonchev–Trinajstić information content (AvgIpc) is 3.02. The topological polar surface area (TPSA) is 75.9 Å². The monoisotopic (exact) mass is 345 g/mol. The molecule has 0 aliphatic rings. The summed E-state index contributed by atoms with van der Waals surface area (Å²) in [6.45, 7) is 2.66. The van der Waals surface area contributed by atoms with Crippen LogP contribution in [0.1, 0.15) is 12.5 Å². The van der Waals surface area contributed by atoms with E-state index in [-0.39, 0.29) is 16.7 Å². The Bertz CT molecular complexity index is 835. The van der Waals surface area contributed by atoms with Crippen LogP contribution in [0, 0.1) is 0 Å². The number of hydrogen-bond donors (Lipinski definition) is 0. The summed E-state index contributed by atoms with van der Waals surface area (Å²) in [6.07, 6.45) is 4.47. The van der Waals surface area contributed by atoms with E-state index in [2.05, 4.69) is 4.98 Å². The van der Waals surface area contributed by atoms with Gasteiger partial charge in [0.05, 0.1) is 18.1 Å². The third kappa shape index (κ3) is 4.00. The summed E-state index contributed by atoms with van der Waals surface area (Å²) in [6, 6.07) is 11.4. The Kier molecular flexibility index (Phi) is 5.24. The van der Waals surface area contributed by atoms with Crippen molar-refractivity contribution in [1.82, 2.24) is 9.38 Å². The second-order valence-electron chi connectivity index (χ2n) is 5.36. The maximum atomic E-state index is 11.4. The molecule has 0 radical (unpaired) electrons. The van der Waals surface area contributed by atoms with E-state index in [0.717, 1.165) is 5.56 Å². The van der Waals surface area contributed by atoms with Gasteiger partial charge in [-0.05, 0) is 23.6 Å². The van der Waals surface area contributed by atoms with Gasteiger partial charge in [-0.15, -0.1) is 0 Å². The number of ether oxygens (including phenoxy) is 2. The van der Waals surface area contributed by atoms with Crippen molar-refractivity contribution in [2.75, 3.05) is 6.61 Å². The van der Waals surface area contributed by atoms with Gasteiger partial charge in [0.25, 0.3) is 0 Å². The van der Waals surface area contributed by atoms with Crippen LogP contribution in [0.5, 0.6) is 5.75 Å². The molecule has 3 rings (SSSR count). The summed E-state index contributed by atoms with van der Waals surface area (Å²) in [5.74, 6) is 0.276. The highest BCUT2D eigenvalue weighted by molar-refractivity contribution is 7.79. The van der Waals surface area contributed by atoms with Crippen molar-refractivity contribution in [1.29, 1.82) is 0 Å². The van der Waals surface area contributed by atoms with Gasteiger partial charge < -0.3 is 18.4 Å². The molecule has 0 saturated heterocycles. The van der Waals surface area contributed by atoms with Crippen LogP contribution in [0.3, 0.4) is 0 Å². The van der Waals surface area contributed by atoms with Crippen molar-refractivity contribution in [2.45, 2.75) is 24.5 Å². The van der Waals surface area contributed by atoms with Crippen LogP contribution in [0.25, 0.3) is 5.65 Å². The van der Waals surface area contributed by atoms with Crippen LogP contribution >= 0.6 is 0 Å². The molecule has 3 aromatic rings. The summed E-state index contributed by atoms with van der Waals surface area (Å²) in [4.78, 5) is 4.23. The van der Waals surface area contributed by atoms with Crippen LogP contribution in [0.2, 0.25) is 0 Å². The van der Waals surface area contributed by atoms with E-state index < -0.39 is 11.1 Å². The fourth-order valence-corrected chi connectivity index (χ4v) is 2.78. The maximum absolute atomic E-state index is 11.4. The Morgan fingerprint density at radius 1 is 1.33 bits per heavy atom. The average molecular weight is 345 g/mol. The number of nitrogens with zero attached hydrogens (tertiary/aromatic N) is 2. The molecule has 7 heteroatoms. The maximum Gasteiger partial charge on any atom is 0.140 e. The number of aromatic nitrogens is 2. The molecule has 0 bridgehead atoms. The van der Waals surface area contributed by atoms with Gasteiger partial charge in [-0.25, -0.2) is 4.98 Å². The van der Waals surface area contributed by atoms with Crippen LogP contribution in [-0.2, 0) is 22.4 Å². The van der Waals surface area contributed by atoms with Crippen molar-refractivity contribution in [3.8, 4) is 5.75 Å². The molecule has 0 saturated carbocycles. The molecule has 0 fully saturated rings. The van der Waals surface area contributed by atoms with Gasteiger partial charge in [-0.3, -0.25) is 4.21 Å². The second-order valence-corrected chi connectivity index (χ2v) is 6.27. The fourth-order valence-electron chi connectivity index (χ4n) is 2.31. The Labute approximate surface area is 142 Å². The van der Waals surface area contributed by atoms with E-state index in [0.29, 0.717) is 18.9 Å². The van der Waals surface area contributed by atoms with Gasteiger partial charge in [0, 0.05) is 24.7 Å². The first-order valence-electron chi connectivity index (χ1n) is 7.48. The summed E-state index contributed by atoms with van der Waals surface area (Å²) in [5, 5.41) is 0. The minimum atomic E-state index is -2.40. The van der Waals surface area contributed by atoms with Crippen molar-refractivity contribution in [3.63, 3.8) is 0 Å². The molecule has 6 nitrogen and oxygen atoms in total. The normalized spacial score (nSPS) is 13.8. The predicted octanol–water partition coefficient (Wildman–Crippen LogP) is 2.56. The molecule has 2 heterocycles. The third-order valence-corrected chi connectivity index (χ3v) is 4.10. The summed E-state index contributed by atoms with van der Waals surface area (Å²) in [7, 11) is 0. The lowest BCUT2D eigenvalue weighted by atomic mass is 10.2. The van der Waals surface area contributed by atoms with E-state index in [1.807, 2.05) is 37.3 Å². The van der Waals surface area contributed by atoms with Gasteiger partial charge in [0.1, 0.15) is 17.5 Å². The highest BCUT2D eigenvalue weighted by Crippen LogP contribution is 2.24. The first-order valence-corrected chi connectivity index (χ1v) is 8.55. The van der Waals surface area contributed by atoms with Crippen LogP contribution < -0.4 is 4.74 Å². The molecule has 24 heavy (non-hydrogen) atoms.